The Balaban J connectivity index is 1.25. The zero-order valence-electron chi connectivity index (χ0n) is 15.8. The lowest BCUT2D eigenvalue weighted by Gasteiger charge is -2.56. The summed E-state index contributed by atoms with van der Waals surface area (Å²) in [5.74, 6) is 3.34. The van der Waals surface area contributed by atoms with Crippen molar-refractivity contribution in [2.75, 3.05) is 0 Å². The first-order valence-corrected chi connectivity index (χ1v) is 11.7. The fourth-order valence-corrected chi connectivity index (χ4v) is 7.55. The monoisotopic (exact) mass is 403 g/mol. The van der Waals surface area contributed by atoms with Crippen LogP contribution in [0.5, 0.6) is 0 Å². The van der Waals surface area contributed by atoms with E-state index >= 15 is 0 Å². The molecule has 4 bridgehead atoms. The number of thioether (sulfide) groups is 1. The summed E-state index contributed by atoms with van der Waals surface area (Å²) in [4.78, 5) is 17.8. The summed E-state index contributed by atoms with van der Waals surface area (Å²) in [5, 5.41) is 11.7. The van der Waals surface area contributed by atoms with Gasteiger partial charge in [-0.2, -0.15) is 0 Å². The van der Waals surface area contributed by atoms with Gasteiger partial charge in [-0.25, -0.2) is 4.98 Å². The lowest BCUT2D eigenvalue weighted by atomic mass is 9.48. The molecule has 6 rings (SSSR count). The quantitative estimate of drug-likeness (QED) is 0.652. The lowest BCUT2D eigenvalue weighted by Crippen LogP contribution is -2.51. The maximum atomic E-state index is 13.4. The SMILES string of the molecule is Cc1nc(Cc2nnc(SC(C)C(=O)C34CC5CC(CC(C5)C3)C4)o2)cs1. The molecule has 5 nitrogen and oxygen atoms in total. The third-order valence-electron chi connectivity index (χ3n) is 6.65. The summed E-state index contributed by atoms with van der Waals surface area (Å²) in [5.41, 5.74) is 0.887. The van der Waals surface area contributed by atoms with Gasteiger partial charge < -0.3 is 4.42 Å². The largest absolute Gasteiger partial charge is 0.416 e. The molecule has 0 amide bonds. The number of carbonyl (C=O) groups is 1. The van der Waals surface area contributed by atoms with Crippen molar-refractivity contribution < 1.29 is 9.21 Å². The van der Waals surface area contributed by atoms with Gasteiger partial charge in [-0.1, -0.05) is 11.8 Å². The topological polar surface area (TPSA) is 68.9 Å². The first kappa shape index (κ1) is 17.9. The molecule has 2 aromatic heterocycles. The highest BCUT2D eigenvalue weighted by molar-refractivity contribution is 8.00. The van der Waals surface area contributed by atoms with E-state index in [4.69, 9.17) is 4.42 Å². The second kappa shape index (κ2) is 6.69. The maximum absolute atomic E-state index is 13.4. The van der Waals surface area contributed by atoms with Gasteiger partial charge in [0.15, 0.2) is 5.78 Å². The van der Waals surface area contributed by atoms with Crippen LogP contribution in [0.1, 0.15) is 62.0 Å². The molecule has 0 N–H and O–H groups in total. The van der Waals surface area contributed by atoms with Crippen LogP contribution in [0.4, 0.5) is 0 Å². The third kappa shape index (κ3) is 3.37. The second-order valence-corrected chi connectivity index (χ2v) is 11.2. The number of rotatable bonds is 6. The zero-order valence-corrected chi connectivity index (χ0v) is 17.4. The van der Waals surface area contributed by atoms with Crippen molar-refractivity contribution in [3.05, 3.63) is 22.0 Å². The Morgan fingerprint density at radius 1 is 1.26 bits per heavy atom. The standard InChI is InChI=1S/C20H25N3O2S2/c1-11(18(24)20-7-13-3-14(8-20)5-15(4-13)9-20)27-19-23-22-17(25-19)6-16-10-26-12(2)21-16/h10-11,13-15H,3-9H2,1-2H3. The molecule has 2 aromatic rings. The van der Waals surface area contributed by atoms with Crippen molar-refractivity contribution in [2.45, 2.75) is 69.3 Å². The van der Waals surface area contributed by atoms with E-state index in [0.717, 1.165) is 47.7 Å². The van der Waals surface area contributed by atoms with Crippen molar-refractivity contribution in [3.63, 3.8) is 0 Å². The summed E-state index contributed by atoms with van der Waals surface area (Å²) in [6.07, 6.45) is 7.96. The van der Waals surface area contributed by atoms with Crippen LogP contribution < -0.4 is 0 Å². The molecular weight excluding hydrogens is 378 g/mol. The molecule has 144 valence electrons. The first-order valence-electron chi connectivity index (χ1n) is 9.93. The molecule has 4 saturated carbocycles. The average molecular weight is 404 g/mol. The van der Waals surface area contributed by atoms with E-state index in [1.807, 2.05) is 19.2 Å². The van der Waals surface area contributed by atoms with Gasteiger partial charge in [0.2, 0.25) is 5.89 Å². The van der Waals surface area contributed by atoms with Crippen LogP contribution in [0.3, 0.4) is 0 Å². The van der Waals surface area contributed by atoms with E-state index in [2.05, 4.69) is 15.2 Å². The number of hydrogen-bond acceptors (Lipinski definition) is 7. The summed E-state index contributed by atoms with van der Waals surface area (Å²) in [6, 6.07) is 0. The van der Waals surface area contributed by atoms with Crippen LogP contribution in [0, 0.1) is 30.1 Å². The molecule has 27 heavy (non-hydrogen) atoms. The van der Waals surface area contributed by atoms with Crippen molar-refractivity contribution in [3.8, 4) is 0 Å². The number of hydrogen-bond donors (Lipinski definition) is 0. The van der Waals surface area contributed by atoms with Gasteiger partial charge in [0, 0.05) is 10.8 Å². The molecular formula is C20H25N3O2S2. The Hall–Kier alpha value is -1.21. The van der Waals surface area contributed by atoms with Crippen LogP contribution in [0.2, 0.25) is 0 Å². The number of ketones is 1. The maximum Gasteiger partial charge on any atom is 0.277 e. The summed E-state index contributed by atoms with van der Waals surface area (Å²) in [6.45, 7) is 4.00. The Morgan fingerprint density at radius 2 is 1.93 bits per heavy atom. The average Bonchev–Trinajstić information content (AvgIpc) is 3.22. The number of aryl methyl sites for hydroxylation is 1. The number of nitrogens with zero attached hydrogens (tertiary/aromatic N) is 3. The molecule has 2 heterocycles. The number of aromatic nitrogens is 3. The minimum atomic E-state index is -0.129. The van der Waals surface area contributed by atoms with Gasteiger partial charge in [-0.3, -0.25) is 4.79 Å². The van der Waals surface area contributed by atoms with Gasteiger partial charge in [0.25, 0.3) is 5.22 Å². The minimum absolute atomic E-state index is 0.0673. The van der Waals surface area contributed by atoms with E-state index in [9.17, 15) is 4.79 Å². The molecule has 0 aromatic carbocycles. The predicted octanol–water partition coefficient (Wildman–Crippen LogP) is 4.69. The number of carbonyl (C=O) groups excluding carboxylic acids is 1. The highest BCUT2D eigenvalue weighted by Gasteiger charge is 2.55. The minimum Gasteiger partial charge on any atom is -0.416 e. The Kier molecular flexibility index (Phi) is 4.43. The second-order valence-electron chi connectivity index (χ2n) is 8.82. The molecule has 0 spiro atoms. The van der Waals surface area contributed by atoms with E-state index in [0.29, 0.717) is 23.3 Å². The Labute approximate surface area is 167 Å². The highest BCUT2D eigenvalue weighted by atomic mass is 32.2. The molecule has 4 fully saturated rings. The summed E-state index contributed by atoms with van der Waals surface area (Å²) in [7, 11) is 0. The van der Waals surface area contributed by atoms with E-state index in [1.165, 1.54) is 31.0 Å². The van der Waals surface area contributed by atoms with E-state index in [1.54, 1.807) is 11.3 Å². The van der Waals surface area contributed by atoms with Crippen molar-refractivity contribution >= 4 is 28.9 Å². The molecule has 7 heteroatoms. The fraction of sp³-hybridized carbons (Fsp3) is 0.700. The first-order chi connectivity index (χ1) is 13.0. The van der Waals surface area contributed by atoms with Crippen molar-refractivity contribution in [1.29, 1.82) is 0 Å². The molecule has 0 aliphatic heterocycles. The van der Waals surface area contributed by atoms with Gasteiger partial charge >= 0.3 is 0 Å². The van der Waals surface area contributed by atoms with Crippen LogP contribution >= 0.6 is 23.1 Å². The Bertz CT molecular complexity index is 824. The molecule has 0 radical (unpaired) electrons. The highest BCUT2D eigenvalue weighted by Crippen LogP contribution is 2.61. The summed E-state index contributed by atoms with van der Waals surface area (Å²) < 4.78 is 5.79. The van der Waals surface area contributed by atoms with Crippen LogP contribution in [-0.4, -0.2) is 26.2 Å². The number of Topliss-reactive ketones (excluding diaryl/α,β-unsaturated/α-hetero) is 1. The van der Waals surface area contributed by atoms with Crippen LogP contribution in [-0.2, 0) is 11.2 Å². The molecule has 1 atom stereocenters. The van der Waals surface area contributed by atoms with Gasteiger partial charge in [-0.15, -0.1) is 21.5 Å². The molecule has 1 unspecified atom stereocenters. The molecule has 4 aliphatic rings. The molecule has 0 saturated heterocycles. The zero-order chi connectivity index (χ0) is 18.6. The van der Waals surface area contributed by atoms with Gasteiger partial charge in [0.1, 0.15) is 0 Å². The van der Waals surface area contributed by atoms with Gasteiger partial charge in [0.05, 0.1) is 22.4 Å². The smallest absolute Gasteiger partial charge is 0.277 e. The Morgan fingerprint density at radius 3 is 2.52 bits per heavy atom. The van der Waals surface area contributed by atoms with Crippen molar-refractivity contribution in [1.82, 2.24) is 15.2 Å². The van der Waals surface area contributed by atoms with Crippen LogP contribution in [0.15, 0.2) is 15.0 Å². The fourth-order valence-electron chi connectivity index (χ4n) is 6.05. The number of thiazole rings is 1. The molecule has 4 aliphatic carbocycles. The normalized spacial score (nSPS) is 32.7. The third-order valence-corrected chi connectivity index (χ3v) is 8.41. The van der Waals surface area contributed by atoms with Crippen molar-refractivity contribution in [2.24, 2.45) is 23.2 Å². The van der Waals surface area contributed by atoms with E-state index < -0.39 is 0 Å². The lowest BCUT2D eigenvalue weighted by molar-refractivity contribution is -0.143. The van der Waals surface area contributed by atoms with Crippen LogP contribution in [0.25, 0.3) is 0 Å². The summed E-state index contributed by atoms with van der Waals surface area (Å²) >= 11 is 3.05. The van der Waals surface area contributed by atoms with Gasteiger partial charge in [-0.05, 0) is 70.1 Å². The predicted molar refractivity (Wildman–Crippen MR) is 105 cm³/mol. The van der Waals surface area contributed by atoms with E-state index in [-0.39, 0.29) is 10.7 Å².